The van der Waals surface area contributed by atoms with E-state index in [-0.39, 0.29) is 5.91 Å². The molecule has 1 aliphatic heterocycles. The molecule has 0 saturated carbocycles. The molecule has 1 saturated heterocycles. The molecule has 0 radical (unpaired) electrons. The highest BCUT2D eigenvalue weighted by Crippen LogP contribution is 2.22. The van der Waals surface area contributed by atoms with Gasteiger partial charge in [0.25, 0.3) is 0 Å². The standard InChI is InChI=1S/C25H27ClN2O3/c26-21-6-8-22(9-7-21)30-19-18-27-14-16-28(17-15-27)25(29)13-11-23-10-12-24(31-23)20-4-2-1-3-5-20/h1-10,12H,11,13-19H2. The van der Waals surface area contributed by atoms with Crippen molar-refractivity contribution in [3.63, 3.8) is 0 Å². The zero-order chi connectivity index (χ0) is 21.5. The minimum atomic E-state index is 0.190. The SMILES string of the molecule is O=C(CCc1ccc(-c2ccccc2)o1)N1CCN(CCOc2ccc(Cl)cc2)CC1. The van der Waals surface area contributed by atoms with Crippen molar-refractivity contribution in [2.24, 2.45) is 0 Å². The molecule has 0 spiro atoms. The maximum Gasteiger partial charge on any atom is 0.223 e. The summed E-state index contributed by atoms with van der Waals surface area (Å²) in [5.41, 5.74) is 1.05. The van der Waals surface area contributed by atoms with E-state index in [4.69, 9.17) is 20.8 Å². The molecule has 31 heavy (non-hydrogen) atoms. The summed E-state index contributed by atoms with van der Waals surface area (Å²) >= 11 is 5.89. The summed E-state index contributed by atoms with van der Waals surface area (Å²) in [6.07, 6.45) is 1.10. The number of hydrogen-bond acceptors (Lipinski definition) is 4. The monoisotopic (exact) mass is 438 g/mol. The molecule has 1 aromatic heterocycles. The van der Waals surface area contributed by atoms with Crippen molar-refractivity contribution >= 4 is 17.5 Å². The van der Waals surface area contributed by atoms with Gasteiger partial charge in [0, 0.05) is 56.2 Å². The number of amides is 1. The molecule has 3 aromatic rings. The fourth-order valence-corrected chi connectivity index (χ4v) is 3.83. The van der Waals surface area contributed by atoms with Crippen LogP contribution in [-0.2, 0) is 11.2 Å². The third-order valence-electron chi connectivity index (χ3n) is 5.52. The maximum absolute atomic E-state index is 12.6. The third kappa shape index (κ3) is 6.12. The van der Waals surface area contributed by atoms with Crippen LogP contribution in [0.15, 0.2) is 71.1 Å². The molecule has 2 heterocycles. The number of benzene rings is 2. The highest BCUT2D eigenvalue weighted by Gasteiger charge is 2.21. The summed E-state index contributed by atoms with van der Waals surface area (Å²) in [6, 6.07) is 21.4. The van der Waals surface area contributed by atoms with Gasteiger partial charge in [0.2, 0.25) is 5.91 Å². The Hall–Kier alpha value is -2.76. The molecule has 1 fully saturated rings. The van der Waals surface area contributed by atoms with Gasteiger partial charge in [-0.25, -0.2) is 0 Å². The number of hydrogen-bond donors (Lipinski definition) is 0. The normalized spacial score (nSPS) is 14.5. The van der Waals surface area contributed by atoms with Crippen molar-refractivity contribution in [2.75, 3.05) is 39.3 Å². The van der Waals surface area contributed by atoms with E-state index in [1.165, 1.54) is 0 Å². The molecule has 0 bridgehead atoms. The Labute approximate surface area is 188 Å². The Kier molecular flexibility index (Phi) is 7.28. The second kappa shape index (κ2) is 10.5. The predicted molar refractivity (Wildman–Crippen MR) is 122 cm³/mol. The molecular weight excluding hydrogens is 412 g/mol. The number of piperazine rings is 1. The summed E-state index contributed by atoms with van der Waals surface area (Å²) in [5.74, 6) is 2.71. The quantitative estimate of drug-likeness (QED) is 0.509. The van der Waals surface area contributed by atoms with Crippen molar-refractivity contribution in [2.45, 2.75) is 12.8 Å². The molecule has 6 heteroatoms. The van der Waals surface area contributed by atoms with Crippen LogP contribution in [0, 0.1) is 0 Å². The molecule has 0 atom stereocenters. The van der Waals surface area contributed by atoms with E-state index in [9.17, 15) is 4.79 Å². The molecule has 1 aliphatic rings. The van der Waals surface area contributed by atoms with Crippen LogP contribution in [0.1, 0.15) is 12.2 Å². The highest BCUT2D eigenvalue weighted by atomic mass is 35.5. The Balaban J connectivity index is 1.16. The number of carbonyl (C=O) groups is 1. The van der Waals surface area contributed by atoms with E-state index in [1.54, 1.807) is 0 Å². The van der Waals surface area contributed by atoms with Crippen molar-refractivity contribution < 1.29 is 13.9 Å². The minimum Gasteiger partial charge on any atom is -0.492 e. The van der Waals surface area contributed by atoms with Crippen LogP contribution in [0.5, 0.6) is 5.75 Å². The van der Waals surface area contributed by atoms with E-state index in [0.29, 0.717) is 24.5 Å². The summed E-state index contributed by atoms with van der Waals surface area (Å²) in [6.45, 7) is 4.72. The van der Waals surface area contributed by atoms with Gasteiger partial charge in [-0.2, -0.15) is 0 Å². The summed E-state index contributed by atoms with van der Waals surface area (Å²) in [7, 11) is 0. The molecule has 5 nitrogen and oxygen atoms in total. The molecule has 0 unspecified atom stereocenters. The van der Waals surface area contributed by atoms with Crippen LogP contribution >= 0.6 is 11.6 Å². The molecule has 1 amide bonds. The van der Waals surface area contributed by atoms with E-state index in [1.807, 2.05) is 71.6 Å². The van der Waals surface area contributed by atoms with E-state index >= 15 is 0 Å². The molecular formula is C25H27ClN2O3. The number of rotatable bonds is 8. The van der Waals surface area contributed by atoms with Crippen molar-refractivity contribution in [1.29, 1.82) is 0 Å². The van der Waals surface area contributed by atoms with Gasteiger partial charge in [-0.15, -0.1) is 0 Å². The van der Waals surface area contributed by atoms with E-state index < -0.39 is 0 Å². The van der Waals surface area contributed by atoms with Crippen LogP contribution in [-0.4, -0.2) is 55.0 Å². The van der Waals surface area contributed by atoms with Gasteiger partial charge in [-0.05, 0) is 36.4 Å². The molecule has 162 valence electrons. The van der Waals surface area contributed by atoms with Gasteiger partial charge in [0.1, 0.15) is 23.9 Å². The van der Waals surface area contributed by atoms with Gasteiger partial charge in [-0.3, -0.25) is 9.69 Å². The average Bonchev–Trinajstić information content (AvgIpc) is 3.29. The van der Waals surface area contributed by atoms with Crippen LogP contribution in [0.3, 0.4) is 0 Å². The zero-order valence-corrected chi connectivity index (χ0v) is 18.3. The molecule has 2 aromatic carbocycles. The number of furan rings is 1. The van der Waals surface area contributed by atoms with Gasteiger partial charge in [-0.1, -0.05) is 41.9 Å². The summed E-state index contributed by atoms with van der Waals surface area (Å²) in [5, 5.41) is 0.705. The van der Waals surface area contributed by atoms with Crippen molar-refractivity contribution in [3.05, 3.63) is 77.5 Å². The lowest BCUT2D eigenvalue weighted by molar-refractivity contribution is -0.133. The molecule has 0 N–H and O–H groups in total. The summed E-state index contributed by atoms with van der Waals surface area (Å²) in [4.78, 5) is 16.9. The highest BCUT2D eigenvalue weighted by molar-refractivity contribution is 6.30. The number of halogens is 1. The van der Waals surface area contributed by atoms with Gasteiger partial charge in [0.15, 0.2) is 0 Å². The van der Waals surface area contributed by atoms with E-state index in [0.717, 1.165) is 55.6 Å². The smallest absolute Gasteiger partial charge is 0.223 e. The van der Waals surface area contributed by atoms with Gasteiger partial charge < -0.3 is 14.1 Å². The number of nitrogens with zero attached hydrogens (tertiary/aromatic N) is 2. The Morgan fingerprint density at radius 3 is 2.42 bits per heavy atom. The Bertz CT molecular complexity index is 964. The lowest BCUT2D eigenvalue weighted by Crippen LogP contribution is -2.49. The van der Waals surface area contributed by atoms with E-state index in [2.05, 4.69) is 4.90 Å². The first kappa shape index (κ1) is 21.5. The van der Waals surface area contributed by atoms with Crippen LogP contribution in [0.25, 0.3) is 11.3 Å². The first-order valence-corrected chi connectivity index (χ1v) is 11.1. The third-order valence-corrected chi connectivity index (χ3v) is 5.77. The first-order chi connectivity index (χ1) is 15.2. The lowest BCUT2D eigenvalue weighted by Gasteiger charge is -2.34. The maximum atomic E-state index is 12.6. The van der Waals surface area contributed by atoms with Crippen LogP contribution < -0.4 is 4.74 Å². The van der Waals surface area contributed by atoms with Crippen molar-refractivity contribution in [1.82, 2.24) is 9.80 Å². The first-order valence-electron chi connectivity index (χ1n) is 10.7. The Morgan fingerprint density at radius 2 is 1.68 bits per heavy atom. The van der Waals surface area contributed by atoms with Crippen molar-refractivity contribution in [3.8, 4) is 17.1 Å². The minimum absolute atomic E-state index is 0.190. The fourth-order valence-electron chi connectivity index (χ4n) is 3.70. The topological polar surface area (TPSA) is 45.9 Å². The zero-order valence-electron chi connectivity index (χ0n) is 17.5. The second-order valence-corrected chi connectivity index (χ2v) is 8.09. The molecule has 0 aliphatic carbocycles. The number of aryl methyl sites for hydroxylation is 1. The van der Waals surface area contributed by atoms with Gasteiger partial charge >= 0.3 is 0 Å². The van der Waals surface area contributed by atoms with Gasteiger partial charge in [0.05, 0.1) is 0 Å². The predicted octanol–water partition coefficient (Wildman–Crippen LogP) is 4.76. The fraction of sp³-hybridized carbons (Fsp3) is 0.320. The summed E-state index contributed by atoms with van der Waals surface area (Å²) < 4.78 is 11.7. The largest absolute Gasteiger partial charge is 0.492 e. The Morgan fingerprint density at radius 1 is 0.935 bits per heavy atom. The molecule has 4 rings (SSSR count). The average molecular weight is 439 g/mol. The lowest BCUT2D eigenvalue weighted by atomic mass is 10.2. The second-order valence-electron chi connectivity index (χ2n) is 7.66. The van der Waals surface area contributed by atoms with Crippen LogP contribution in [0.2, 0.25) is 5.02 Å². The number of carbonyl (C=O) groups excluding carboxylic acids is 1. The number of ether oxygens (including phenoxy) is 1. The van der Waals surface area contributed by atoms with Crippen LogP contribution in [0.4, 0.5) is 0 Å².